The number of nitrogens with one attached hydrogen (secondary N) is 1. The first-order valence-electron chi connectivity index (χ1n) is 5.93. The molecule has 1 aromatic carbocycles. The van der Waals surface area contributed by atoms with Crippen molar-refractivity contribution in [3.05, 3.63) is 29.0 Å². The first kappa shape index (κ1) is 14.2. The molecule has 0 aliphatic carbocycles. The number of aromatic nitrogens is 2. The Morgan fingerprint density at radius 1 is 1.58 bits per heavy atom. The Morgan fingerprint density at radius 2 is 2.32 bits per heavy atom. The van der Waals surface area contributed by atoms with Crippen molar-refractivity contribution in [1.29, 1.82) is 0 Å². The average Bonchev–Trinajstić information content (AvgIpc) is 2.77. The zero-order valence-electron chi connectivity index (χ0n) is 11.1. The molecule has 0 bridgehead atoms. The van der Waals surface area contributed by atoms with Crippen molar-refractivity contribution in [3.63, 3.8) is 0 Å². The van der Waals surface area contributed by atoms with Gasteiger partial charge in [0.15, 0.2) is 0 Å². The van der Waals surface area contributed by atoms with Gasteiger partial charge in [-0.15, -0.1) is 0 Å². The molecule has 0 aliphatic rings. The minimum Gasteiger partial charge on any atom is -0.340 e. The van der Waals surface area contributed by atoms with Crippen LogP contribution in [0.15, 0.2) is 18.2 Å². The van der Waals surface area contributed by atoms with E-state index in [1.54, 1.807) is 18.0 Å². The Labute approximate surface area is 121 Å². The van der Waals surface area contributed by atoms with Crippen molar-refractivity contribution in [1.82, 2.24) is 14.9 Å². The van der Waals surface area contributed by atoms with E-state index in [1.807, 2.05) is 25.3 Å². The zero-order chi connectivity index (χ0) is 14.0. The maximum Gasteiger partial charge on any atom is 0.235 e. The minimum atomic E-state index is -0.0381. The number of halogens is 1. The average molecular weight is 298 g/mol. The number of imidazole rings is 1. The summed E-state index contributed by atoms with van der Waals surface area (Å²) >= 11 is 7.47. The molecule has 2 rings (SSSR count). The normalized spacial score (nSPS) is 12.6. The summed E-state index contributed by atoms with van der Waals surface area (Å²) in [6.45, 7) is 2.37. The fraction of sp³-hybridized carbons (Fsp3) is 0.385. The van der Waals surface area contributed by atoms with Crippen LogP contribution in [0, 0.1) is 0 Å². The van der Waals surface area contributed by atoms with Crippen LogP contribution in [-0.4, -0.2) is 39.3 Å². The third-order valence-electron chi connectivity index (χ3n) is 2.96. The van der Waals surface area contributed by atoms with Crippen LogP contribution in [0.1, 0.15) is 12.7 Å². The lowest BCUT2D eigenvalue weighted by atomic mass is 10.3. The highest BCUT2D eigenvalue weighted by atomic mass is 35.5. The number of carbonyl (C=O) groups is 1. The molecule has 0 spiro atoms. The van der Waals surface area contributed by atoms with Gasteiger partial charge in [0, 0.05) is 12.1 Å². The number of hydrogen-bond donors (Lipinski definition) is 1. The molecule has 102 valence electrons. The number of H-pyrrole nitrogens is 1. The van der Waals surface area contributed by atoms with Gasteiger partial charge >= 0.3 is 0 Å². The molecule has 0 radical (unpaired) electrons. The van der Waals surface area contributed by atoms with Gasteiger partial charge in [-0.2, -0.15) is 11.8 Å². The maximum atomic E-state index is 12.0. The smallest absolute Gasteiger partial charge is 0.235 e. The molecule has 6 heteroatoms. The summed E-state index contributed by atoms with van der Waals surface area (Å²) in [6, 6.07) is 5.50. The van der Waals surface area contributed by atoms with E-state index < -0.39 is 0 Å². The van der Waals surface area contributed by atoms with Crippen LogP contribution in [0.5, 0.6) is 0 Å². The zero-order valence-corrected chi connectivity index (χ0v) is 12.7. The van der Waals surface area contributed by atoms with E-state index >= 15 is 0 Å². The van der Waals surface area contributed by atoms with E-state index in [0.717, 1.165) is 16.9 Å². The van der Waals surface area contributed by atoms with Gasteiger partial charge in [-0.1, -0.05) is 11.6 Å². The number of nitrogens with zero attached hydrogens (tertiary/aromatic N) is 2. The van der Waals surface area contributed by atoms with Crippen LogP contribution in [0.2, 0.25) is 5.02 Å². The van der Waals surface area contributed by atoms with Gasteiger partial charge < -0.3 is 9.88 Å². The first-order chi connectivity index (χ1) is 9.01. The number of hydrogen-bond acceptors (Lipinski definition) is 3. The number of carbonyl (C=O) groups excluding carboxylic acids is 1. The lowest BCUT2D eigenvalue weighted by molar-refractivity contribution is -0.129. The van der Waals surface area contributed by atoms with Gasteiger partial charge in [0.2, 0.25) is 5.91 Å². The number of fused-ring (bicyclic) bond motifs is 1. The molecule has 0 unspecified atom stereocenters. The monoisotopic (exact) mass is 297 g/mol. The van der Waals surface area contributed by atoms with E-state index in [1.165, 1.54) is 11.8 Å². The molecule has 2 aromatic rings. The molecular formula is C13H16ClN3OS. The standard InChI is InChI=1S/C13H16ClN3OS/c1-8(19-3)13(18)17(2)7-12-15-10-5-4-9(14)6-11(10)16-12/h4-6,8H,7H2,1-3H3,(H,15,16)/t8-/m1/s1. The van der Waals surface area contributed by atoms with E-state index in [0.29, 0.717) is 11.6 Å². The number of benzene rings is 1. The highest BCUT2D eigenvalue weighted by molar-refractivity contribution is 7.99. The highest BCUT2D eigenvalue weighted by Crippen LogP contribution is 2.18. The van der Waals surface area contributed by atoms with Crippen molar-refractivity contribution < 1.29 is 4.79 Å². The summed E-state index contributed by atoms with van der Waals surface area (Å²) in [5, 5.41) is 0.631. The van der Waals surface area contributed by atoms with Crippen molar-refractivity contribution in [2.45, 2.75) is 18.7 Å². The minimum absolute atomic E-state index is 0.0381. The molecule has 1 amide bonds. The van der Waals surface area contributed by atoms with Gasteiger partial charge in [-0.25, -0.2) is 4.98 Å². The Hall–Kier alpha value is -1.20. The molecular weight excluding hydrogens is 282 g/mol. The van der Waals surface area contributed by atoms with Crippen molar-refractivity contribution in [2.24, 2.45) is 0 Å². The van der Waals surface area contributed by atoms with Crippen LogP contribution >= 0.6 is 23.4 Å². The summed E-state index contributed by atoms with van der Waals surface area (Å²) in [4.78, 5) is 21.3. The van der Waals surface area contributed by atoms with Crippen molar-refractivity contribution in [2.75, 3.05) is 13.3 Å². The lowest BCUT2D eigenvalue weighted by Crippen LogP contribution is -2.32. The second-order valence-electron chi connectivity index (χ2n) is 4.42. The predicted octanol–water partition coefficient (Wildman–Crippen LogP) is 2.93. The second kappa shape index (κ2) is 5.84. The highest BCUT2D eigenvalue weighted by Gasteiger charge is 2.17. The topological polar surface area (TPSA) is 49.0 Å². The van der Waals surface area contributed by atoms with Crippen molar-refractivity contribution >= 4 is 40.3 Å². The Balaban J connectivity index is 2.15. The lowest BCUT2D eigenvalue weighted by Gasteiger charge is -2.18. The summed E-state index contributed by atoms with van der Waals surface area (Å²) in [6.07, 6.45) is 1.93. The molecule has 1 atom stereocenters. The van der Waals surface area contributed by atoms with Gasteiger partial charge in [-0.3, -0.25) is 4.79 Å². The van der Waals surface area contributed by atoms with E-state index in [4.69, 9.17) is 11.6 Å². The summed E-state index contributed by atoms with van der Waals surface area (Å²) in [5.41, 5.74) is 1.75. The molecule has 0 fully saturated rings. The Morgan fingerprint density at radius 3 is 3.00 bits per heavy atom. The SMILES string of the molecule is CS[C@H](C)C(=O)N(C)Cc1nc2ccc(Cl)cc2[nH]1. The van der Waals surface area contributed by atoms with E-state index in [9.17, 15) is 4.79 Å². The molecule has 1 N–H and O–H groups in total. The summed E-state index contributed by atoms with van der Waals surface area (Å²) in [7, 11) is 1.79. The molecule has 4 nitrogen and oxygen atoms in total. The number of amides is 1. The number of thioether (sulfide) groups is 1. The summed E-state index contributed by atoms with van der Waals surface area (Å²) in [5.74, 6) is 0.868. The molecule has 0 aliphatic heterocycles. The van der Waals surface area contributed by atoms with Crippen LogP contribution in [0.25, 0.3) is 11.0 Å². The van der Waals surface area contributed by atoms with Gasteiger partial charge in [0.05, 0.1) is 22.8 Å². The molecule has 1 aromatic heterocycles. The van der Waals surface area contributed by atoms with Crippen LogP contribution < -0.4 is 0 Å². The predicted molar refractivity (Wildman–Crippen MR) is 80.6 cm³/mol. The van der Waals surface area contributed by atoms with Crippen LogP contribution in [0.3, 0.4) is 0 Å². The fourth-order valence-electron chi connectivity index (χ4n) is 1.82. The number of rotatable bonds is 4. The third-order valence-corrected chi connectivity index (χ3v) is 4.10. The summed E-state index contributed by atoms with van der Waals surface area (Å²) < 4.78 is 0. The Bertz CT molecular complexity index is 599. The number of aromatic amines is 1. The van der Waals surface area contributed by atoms with Crippen LogP contribution in [-0.2, 0) is 11.3 Å². The first-order valence-corrected chi connectivity index (χ1v) is 7.59. The van der Waals surface area contributed by atoms with Crippen LogP contribution in [0.4, 0.5) is 0 Å². The molecule has 0 saturated carbocycles. The molecule has 1 heterocycles. The third kappa shape index (κ3) is 3.22. The maximum absolute atomic E-state index is 12.0. The van der Waals surface area contributed by atoms with Gasteiger partial charge in [0.1, 0.15) is 5.82 Å². The quantitative estimate of drug-likeness (QED) is 0.944. The van der Waals surface area contributed by atoms with E-state index in [-0.39, 0.29) is 11.2 Å². The largest absolute Gasteiger partial charge is 0.340 e. The van der Waals surface area contributed by atoms with E-state index in [2.05, 4.69) is 9.97 Å². The second-order valence-corrected chi connectivity index (χ2v) is 6.03. The molecule has 19 heavy (non-hydrogen) atoms. The van der Waals surface area contributed by atoms with Crippen molar-refractivity contribution in [3.8, 4) is 0 Å². The fourth-order valence-corrected chi connectivity index (χ4v) is 2.38. The van der Waals surface area contributed by atoms with Gasteiger partial charge in [0.25, 0.3) is 0 Å². The Kier molecular flexibility index (Phi) is 4.37. The molecule has 0 saturated heterocycles. The van der Waals surface area contributed by atoms with Gasteiger partial charge in [-0.05, 0) is 31.4 Å².